The summed E-state index contributed by atoms with van der Waals surface area (Å²) in [6, 6.07) is 0. The van der Waals surface area contributed by atoms with Crippen LogP contribution < -0.4 is 0 Å². The van der Waals surface area contributed by atoms with Gasteiger partial charge in [-0.25, -0.2) is 0 Å². The second-order valence-corrected chi connectivity index (χ2v) is 2.12. The van der Waals surface area contributed by atoms with E-state index < -0.39 is 11.9 Å². The third kappa shape index (κ3) is 3.49. The van der Waals surface area contributed by atoms with Crippen LogP contribution in [0.5, 0.6) is 0 Å². The van der Waals surface area contributed by atoms with Gasteiger partial charge in [-0.2, -0.15) is 0 Å². The van der Waals surface area contributed by atoms with Crippen LogP contribution >= 0.6 is 0 Å². The second-order valence-electron chi connectivity index (χ2n) is 2.12. The van der Waals surface area contributed by atoms with E-state index in [1.165, 1.54) is 0 Å². The fourth-order valence-corrected chi connectivity index (χ4v) is 0.702. The highest BCUT2D eigenvalue weighted by atomic mass is 16.5. The Morgan fingerprint density at radius 1 is 1.50 bits per heavy atom. The van der Waals surface area contributed by atoms with Gasteiger partial charge in [0.1, 0.15) is 0 Å². The summed E-state index contributed by atoms with van der Waals surface area (Å²) in [7, 11) is 0. The molecule has 0 radical (unpaired) electrons. The SMILES string of the molecule is C#CCC(CC#C)C(=O)OC=C. The monoisotopic (exact) mass is 162 g/mol. The van der Waals surface area contributed by atoms with Crippen LogP contribution in [0.2, 0.25) is 0 Å². The van der Waals surface area contributed by atoms with Crippen LogP contribution in [0.25, 0.3) is 0 Å². The number of terminal acetylenes is 2. The first-order chi connectivity index (χ1) is 5.76. The molecule has 12 heavy (non-hydrogen) atoms. The summed E-state index contributed by atoms with van der Waals surface area (Å²) in [6.07, 6.45) is 11.8. The van der Waals surface area contributed by atoms with E-state index in [0.717, 1.165) is 6.26 Å². The molecule has 0 aliphatic carbocycles. The molecular formula is C10H10O2. The van der Waals surface area contributed by atoms with Crippen LogP contribution in [0.15, 0.2) is 12.8 Å². The minimum Gasteiger partial charge on any atom is -0.435 e. The van der Waals surface area contributed by atoms with Crippen molar-refractivity contribution < 1.29 is 9.53 Å². The van der Waals surface area contributed by atoms with Crippen molar-refractivity contribution in [3.8, 4) is 24.7 Å². The van der Waals surface area contributed by atoms with Gasteiger partial charge in [0, 0.05) is 12.8 Å². The number of hydrogen-bond donors (Lipinski definition) is 0. The lowest BCUT2D eigenvalue weighted by atomic mass is 10.0. The Kier molecular flexibility index (Phi) is 5.22. The van der Waals surface area contributed by atoms with Gasteiger partial charge in [-0.05, 0) is 0 Å². The van der Waals surface area contributed by atoms with Crippen molar-refractivity contribution in [1.29, 1.82) is 0 Å². The van der Waals surface area contributed by atoms with Crippen molar-refractivity contribution in [2.75, 3.05) is 0 Å². The lowest BCUT2D eigenvalue weighted by molar-refractivity contribution is -0.142. The summed E-state index contributed by atoms with van der Waals surface area (Å²) in [6.45, 7) is 3.26. The van der Waals surface area contributed by atoms with Crippen molar-refractivity contribution >= 4 is 5.97 Å². The van der Waals surface area contributed by atoms with E-state index in [4.69, 9.17) is 12.8 Å². The van der Waals surface area contributed by atoms with Gasteiger partial charge >= 0.3 is 5.97 Å². The van der Waals surface area contributed by atoms with Crippen LogP contribution in [-0.2, 0) is 9.53 Å². The molecule has 0 spiro atoms. The summed E-state index contributed by atoms with van der Waals surface area (Å²) in [5, 5.41) is 0. The summed E-state index contributed by atoms with van der Waals surface area (Å²) in [5.74, 6) is 3.90. The molecule has 0 rings (SSSR count). The molecule has 0 aliphatic heterocycles. The van der Waals surface area contributed by atoms with Crippen LogP contribution in [0.4, 0.5) is 0 Å². The molecule has 0 aromatic heterocycles. The first kappa shape index (κ1) is 10.3. The Labute approximate surface area is 72.6 Å². The fraction of sp³-hybridized carbons (Fsp3) is 0.300. The largest absolute Gasteiger partial charge is 0.435 e. The first-order valence-electron chi connectivity index (χ1n) is 3.44. The highest BCUT2D eigenvalue weighted by Gasteiger charge is 2.16. The zero-order valence-corrected chi connectivity index (χ0v) is 6.75. The number of ether oxygens (including phenoxy) is 1. The van der Waals surface area contributed by atoms with Gasteiger partial charge in [-0.1, -0.05) is 6.58 Å². The standard InChI is InChI=1S/C10H10O2/c1-4-7-9(8-5-2)10(11)12-6-3/h1-2,6,9H,3,7-8H2. The van der Waals surface area contributed by atoms with Gasteiger partial charge in [-0.3, -0.25) is 4.79 Å². The van der Waals surface area contributed by atoms with E-state index in [9.17, 15) is 4.79 Å². The van der Waals surface area contributed by atoms with E-state index in [1.807, 2.05) is 0 Å². The third-order valence-corrected chi connectivity index (χ3v) is 1.26. The zero-order chi connectivity index (χ0) is 9.40. The van der Waals surface area contributed by atoms with Crippen LogP contribution in [-0.4, -0.2) is 5.97 Å². The molecule has 0 heterocycles. The van der Waals surface area contributed by atoms with E-state index in [-0.39, 0.29) is 0 Å². The highest BCUT2D eigenvalue weighted by Crippen LogP contribution is 2.09. The number of esters is 1. The Hall–Kier alpha value is -1.67. The molecule has 0 bridgehead atoms. The highest BCUT2D eigenvalue weighted by molar-refractivity contribution is 5.73. The molecule has 0 fully saturated rings. The predicted molar refractivity (Wildman–Crippen MR) is 46.7 cm³/mol. The zero-order valence-electron chi connectivity index (χ0n) is 6.75. The second kappa shape index (κ2) is 6.07. The van der Waals surface area contributed by atoms with Gasteiger partial charge in [0.15, 0.2) is 0 Å². The quantitative estimate of drug-likeness (QED) is 0.354. The van der Waals surface area contributed by atoms with Gasteiger partial charge in [0.2, 0.25) is 0 Å². The molecule has 0 aromatic carbocycles. The maximum Gasteiger partial charge on any atom is 0.315 e. The minimum absolute atomic E-state index is 0.302. The molecule has 0 aromatic rings. The summed E-state index contributed by atoms with van der Waals surface area (Å²) >= 11 is 0. The van der Waals surface area contributed by atoms with Gasteiger partial charge in [0.25, 0.3) is 0 Å². The van der Waals surface area contributed by atoms with E-state index in [0.29, 0.717) is 12.8 Å². The lowest BCUT2D eigenvalue weighted by Crippen LogP contribution is -2.14. The van der Waals surface area contributed by atoms with Gasteiger partial charge in [0.05, 0.1) is 12.2 Å². The lowest BCUT2D eigenvalue weighted by Gasteiger charge is -2.06. The van der Waals surface area contributed by atoms with Crippen LogP contribution in [0.1, 0.15) is 12.8 Å². The molecule has 0 aliphatic rings. The van der Waals surface area contributed by atoms with Crippen molar-refractivity contribution in [2.24, 2.45) is 5.92 Å². The number of rotatable bonds is 4. The predicted octanol–water partition coefficient (Wildman–Crippen LogP) is 1.34. The Balaban J connectivity index is 4.12. The van der Waals surface area contributed by atoms with Crippen molar-refractivity contribution in [2.45, 2.75) is 12.8 Å². The minimum atomic E-state index is -0.416. The summed E-state index contributed by atoms with van der Waals surface area (Å²) in [5.41, 5.74) is 0. The van der Waals surface area contributed by atoms with E-state index >= 15 is 0 Å². The molecule has 0 N–H and O–H groups in total. The Morgan fingerprint density at radius 3 is 2.33 bits per heavy atom. The van der Waals surface area contributed by atoms with Gasteiger partial charge in [-0.15, -0.1) is 24.7 Å². The molecule has 0 saturated heterocycles. The smallest absolute Gasteiger partial charge is 0.315 e. The van der Waals surface area contributed by atoms with E-state index in [2.05, 4.69) is 23.2 Å². The van der Waals surface area contributed by atoms with Crippen molar-refractivity contribution in [3.63, 3.8) is 0 Å². The maximum absolute atomic E-state index is 11.0. The first-order valence-corrected chi connectivity index (χ1v) is 3.44. The van der Waals surface area contributed by atoms with Crippen LogP contribution in [0, 0.1) is 30.6 Å². The number of hydrogen-bond acceptors (Lipinski definition) is 2. The normalized spacial score (nSPS) is 8.25. The fourth-order valence-electron chi connectivity index (χ4n) is 0.702. The van der Waals surface area contributed by atoms with E-state index in [1.54, 1.807) is 0 Å². The maximum atomic E-state index is 11.0. The topological polar surface area (TPSA) is 26.3 Å². The molecule has 0 atom stereocenters. The average Bonchev–Trinajstić information content (AvgIpc) is 2.04. The molecule has 2 heteroatoms. The number of carbonyl (C=O) groups excluding carboxylic acids is 1. The molecule has 0 saturated carbocycles. The van der Waals surface area contributed by atoms with Gasteiger partial charge < -0.3 is 4.74 Å². The summed E-state index contributed by atoms with van der Waals surface area (Å²) < 4.78 is 4.54. The Morgan fingerprint density at radius 2 is 2.00 bits per heavy atom. The van der Waals surface area contributed by atoms with Crippen molar-refractivity contribution in [3.05, 3.63) is 12.8 Å². The molecule has 2 nitrogen and oxygen atoms in total. The molecule has 62 valence electrons. The number of carbonyl (C=O) groups is 1. The average molecular weight is 162 g/mol. The van der Waals surface area contributed by atoms with Crippen LogP contribution in [0.3, 0.4) is 0 Å². The molecular weight excluding hydrogens is 152 g/mol. The van der Waals surface area contributed by atoms with Crippen molar-refractivity contribution in [1.82, 2.24) is 0 Å². The Bertz CT molecular complexity index is 224. The third-order valence-electron chi connectivity index (χ3n) is 1.26. The molecule has 0 unspecified atom stereocenters. The summed E-state index contributed by atoms with van der Waals surface area (Å²) in [4.78, 5) is 11.0. The molecule has 0 amide bonds.